The van der Waals surface area contributed by atoms with Crippen molar-refractivity contribution in [2.75, 3.05) is 6.54 Å². The average Bonchev–Trinajstić information content (AvgIpc) is 2.89. The van der Waals surface area contributed by atoms with Crippen LogP contribution in [0.15, 0.2) is 30.5 Å². The van der Waals surface area contributed by atoms with Crippen LogP contribution < -0.4 is 5.32 Å². The van der Waals surface area contributed by atoms with Crippen LogP contribution in [-0.2, 0) is 6.42 Å². The molecule has 3 nitrogen and oxygen atoms in total. The molecule has 2 N–H and O–H groups in total. The Morgan fingerprint density at radius 2 is 2.05 bits per heavy atom. The molecule has 19 heavy (non-hydrogen) atoms. The van der Waals surface area contributed by atoms with E-state index in [-0.39, 0.29) is 0 Å². The zero-order valence-electron chi connectivity index (χ0n) is 11.4. The summed E-state index contributed by atoms with van der Waals surface area (Å²) in [6.45, 7) is 3.27. The number of H-pyrrole nitrogens is 1. The van der Waals surface area contributed by atoms with E-state index < -0.39 is 0 Å². The number of hydrogen-bond acceptors (Lipinski definition) is 2. The number of aromatic nitrogens is 2. The fourth-order valence-electron chi connectivity index (χ4n) is 2.79. The summed E-state index contributed by atoms with van der Waals surface area (Å²) in [5.74, 6) is 0. The van der Waals surface area contributed by atoms with Crippen molar-refractivity contribution in [2.24, 2.45) is 0 Å². The van der Waals surface area contributed by atoms with E-state index in [0.717, 1.165) is 13.0 Å². The molecule has 0 spiro atoms. The third kappa shape index (κ3) is 2.87. The van der Waals surface area contributed by atoms with Crippen LogP contribution in [0.1, 0.15) is 30.5 Å². The molecule has 1 aliphatic heterocycles. The summed E-state index contributed by atoms with van der Waals surface area (Å²) in [5.41, 5.74) is 5.04. The van der Waals surface area contributed by atoms with E-state index in [1.165, 1.54) is 41.6 Å². The highest BCUT2D eigenvalue weighted by atomic mass is 15.1. The van der Waals surface area contributed by atoms with Crippen LogP contribution >= 0.6 is 0 Å². The molecule has 1 aliphatic rings. The first-order valence-electron chi connectivity index (χ1n) is 7.15. The Morgan fingerprint density at radius 1 is 1.21 bits per heavy atom. The van der Waals surface area contributed by atoms with Crippen molar-refractivity contribution < 1.29 is 0 Å². The maximum atomic E-state index is 4.23. The molecule has 2 aromatic rings. The normalized spacial score (nSPS) is 19.5. The summed E-state index contributed by atoms with van der Waals surface area (Å²) >= 11 is 0. The van der Waals surface area contributed by atoms with Gasteiger partial charge in [-0.15, -0.1) is 0 Å². The summed E-state index contributed by atoms with van der Waals surface area (Å²) < 4.78 is 0. The molecule has 0 radical (unpaired) electrons. The Hall–Kier alpha value is -1.61. The van der Waals surface area contributed by atoms with Gasteiger partial charge in [-0.05, 0) is 31.9 Å². The predicted octanol–water partition coefficient (Wildman–Crippen LogP) is 3.07. The van der Waals surface area contributed by atoms with Crippen molar-refractivity contribution in [3.8, 4) is 11.1 Å². The Bertz CT molecular complexity index is 521. The number of aromatic amines is 1. The highest BCUT2D eigenvalue weighted by Gasteiger charge is 2.16. The summed E-state index contributed by atoms with van der Waals surface area (Å²) in [6.07, 6.45) is 6.91. The van der Waals surface area contributed by atoms with Crippen molar-refractivity contribution in [3.63, 3.8) is 0 Å². The molecule has 0 bridgehead atoms. The predicted molar refractivity (Wildman–Crippen MR) is 78.1 cm³/mol. The van der Waals surface area contributed by atoms with Crippen LogP contribution in [0, 0.1) is 6.92 Å². The summed E-state index contributed by atoms with van der Waals surface area (Å²) in [5, 5.41) is 11.0. The molecule has 0 aliphatic carbocycles. The highest BCUT2D eigenvalue weighted by Crippen LogP contribution is 2.24. The zero-order valence-corrected chi connectivity index (χ0v) is 11.4. The van der Waals surface area contributed by atoms with E-state index in [9.17, 15) is 0 Å². The van der Waals surface area contributed by atoms with Crippen LogP contribution in [0.5, 0.6) is 0 Å². The molecule has 0 saturated carbocycles. The van der Waals surface area contributed by atoms with Crippen molar-refractivity contribution >= 4 is 0 Å². The lowest BCUT2D eigenvalue weighted by molar-refractivity contribution is 0.397. The largest absolute Gasteiger partial charge is 0.314 e. The van der Waals surface area contributed by atoms with Gasteiger partial charge in [0.15, 0.2) is 0 Å². The van der Waals surface area contributed by atoms with Gasteiger partial charge in [0, 0.05) is 23.7 Å². The zero-order chi connectivity index (χ0) is 13.1. The van der Waals surface area contributed by atoms with Gasteiger partial charge in [0.25, 0.3) is 0 Å². The van der Waals surface area contributed by atoms with E-state index >= 15 is 0 Å². The first-order valence-corrected chi connectivity index (χ1v) is 7.15. The minimum absolute atomic E-state index is 0.596. The first-order chi connectivity index (χ1) is 9.33. The van der Waals surface area contributed by atoms with Crippen LogP contribution in [0.2, 0.25) is 0 Å². The van der Waals surface area contributed by atoms with Crippen molar-refractivity contribution in [3.05, 3.63) is 41.7 Å². The second-order valence-electron chi connectivity index (χ2n) is 5.48. The van der Waals surface area contributed by atoms with Gasteiger partial charge in [-0.3, -0.25) is 5.10 Å². The molecule has 1 atom stereocenters. The SMILES string of the molecule is Cc1ccc(-c2cn[nH]c2CC2CCCCN2)cc1. The average molecular weight is 255 g/mol. The summed E-state index contributed by atoms with van der Waals surface area (Å²) in [7, 11) is 0. The van der Waals surface area contributed by atoms with Gasteiger partial charge in [0.05, 0.1) is 6.20 Å². The second kappa shape index (κ2) is 5.57. The summed E-state index contributed by atoms with van der Waals surface area (Å²) in [6, 6.07) is 9.27. The van der Waals surface area contributed by atoms with Gasteiger partial charge in [-0.25, -0.2) is 0 Å². The molecule has 2 heterocycles. The first kappa shape index (κ1) is 12.4. The van der Waals surface area contributed by atoms with E-state index in [0.29, 0.717) is 6.04 Å². The number of piperidine rings is 1. The van der Waals surface area contributed by atoms with Gasteiger partial charge >= 0.3 is 0 Å². The third-order valence-corrected chi connectivity index (χ3v) is 3.94. The monoisotopic (exact) mass is 255 g/mol. The van der Waals surface area contributed by atoms with Gasteiger partial charge in [0.2, 0.25) is 0 Å². The smallest absolute Gasteiger partial charge is 0.0568 e. The molecule has 1 fully saturated rings. The molecule has 100 valence electrons. The molecule has 1 aromatic carbocycles. The number of hydrogen-bond donors (Lipinski definition) is 2. The molecule has 0 amide bonds. The molecular weight excluding hydrogens is 234 g/mol. The van der Waals surface area contributed by atoms with Crippen molar-refractivity contribution in [1.29, 1.82) is 0 Å². The van der Waals surface area contributed by atoms with Crippen LogP contribution in [0.3, 0.4) is 0 Å². The number of rotatable bonds is 3. The topological polar surface area (TPSA) is 40.7 Å². The van der Waals surface area contributed by atoms with Gasteiger partial charge in [-0.1, -0.05) is 36.2 Å². The lowest BCUT2D eigenvalue weighted by atomic mass is 9.97. The molecule has 3 rings (SSSR count). The maximum absolute atomic E-state index is 4.23. The Morgan fingerprint density at radius 3 is 2.79 bits per heavy atom. The lowest BCUT2D eigenvalue weighted by Crippen LogP contribution is -2.35. The molecular formula is C16H21N3. The fourth-order valence-corrected chi connectivity index (χ4v) is 2.79. The fraction of sp³-hybridized carbons (Fsp3) is 0.438. The van der Waals surface area contributed by atoms with Crippen molar-refractivity contribution in [1.82, 2.24) is 15.5 Å². The van der Waals surface area contributed by atoms with Gasteiger partial charge < -0.3 is 5.32 Å². The Kier molecular flexibility index (Phi) is 3.65. The number of benzene rings is 1. The van der Waals surface area contributed by atoms with Crippen LogP contribution in [0.25, 0.3) is 11.1 Å². The Labute approximate surface area is 114 Å². The van der Waals surface area contributed by atoms with E-state index in [1.807, 2.05) is 6.20 Å². The minimum atomic E-state index is 0.596. The van der Waals surface area contributed by atoms with E-state index in [4.69, 9.17) is 0 Å². The maximum Gasteiger partial charge on any atom is 0.0568 e. The van der Waals surface area contributed by atoms with E-state index in [1.54, 1.807) is 0 Å². The molecule has 3 heteroatoms. The number of aryl methyl sites for hydroxylation is 1. The quantitative estimate of drug-likeness (QED) is 0.885. The third-order valence-electron chi connectivity index (χ3n) is 3.94. The minimum Gasteiger partial charge on any atom is -0.314 e. The Balaban J connectivity index is 1.79. The van der Waals surface area contributed by atoms with Crippen molar-refractivity contribution in [2.45, 2.75) is 38.6 Å². The molecule has 1 saturated heterocycles. The lowest BCUT2D eigenvalue weighted by Gasteiger charge is -2.23. The molecule has 1 aromatic heterocycles. The van der Waals surface area contributed by atoms with Gasteiger partial charge in [-0.2, -0.15) is 5.10 Å². The van der Waals surface area contributed by atoms with Crippen LogP contribution in [0.4, 0.5) is 0 Å². The standard InChI is InChI=1S/C16H21N3/c1-12-5-7-13(8-6-12)15-11-18-19-16(15)10-14-4-2-3-9-17-14/h5-8,11,14,17H,2-4,9-10H2,1H3,(H,18,19). The summed E-state index contributed by atoms with van der Waals surface area (Å²) in [4.78, 5) is 0. The molecule has 1 unspecified atom stereocenters. The number of nitrogens with zero attached hydrogens (tertiary/aromatic N) is 1. The second-order valence-corrected chi connectivity index (χ2v) is 5.48. The highest BCUT2D eigenvalue weighted by molar-refractivity contribution is 5.65. The van der Waals surface area contributed by atoms with Crippen LogP contribution in [-0.4, -0.2) is 22.8 Å². The number of nitrogens with one attached hydrogen (secondary N) is 2. The van der Waals surface area contributed by atoms with Gasteiger partial charge in [0.1, 0.15) is 0 Å². The van der Waals surface area contributed by atoms with E-state index in [2.05, 4.69) is 46.7 Å².